The highest BCUT2D eigenvalue weighted by molar-refractivity contribution is 6.03. The van der Waals surface area contributed by atoms with Gasteiger partial charge in [-0.1, -0.05) is 0 Å². The molecular weight excluding hydrogens is 218 g/mol. The number of rotatable bonds is 3. The summed E-state index contributed by atoms with van der Waals surface area (Å²) in [6.07, 6.45) is 1.48. The highest BCUT2D eigenvalue weighted by Crippen LogP contribution is 2.19. The monoisotopic (exact) mass is 231 g/mol. The van der Waals surface area contributed by atoms with Crippen LogP contribution >= 0.6 is 0 Å². The van der Waals surface area contributed by atoms with Gasteiger partial charge in [-0.2, -0.15) is 0 Å². The summed E-state index contributed by atoms with van der Waals surface area (Å²) in [6.45, 7) is 0. The van der Waals surface area contributed by atoms with E-state index < -0.39 is 0 Å². The standard InChI is InChI=1S/C13H13NO3/c1-14(13(15)12-4-3-9-17-12)10-5-7-11(16-2)8-6-10/h3-9H,1-2H3. The molecule has 0 saturated carbocycles. The Hall–Kier alpha value is -2.23. The number of hydrogen-bond donors (Lipinski definition) is 0. The van der Waals surface area contributed by atoms with Gasteiger partial charge in [-0.3, -0.25) is 4.79 Å². The van der Waals surface area contributed by atoms with Gasteiger partial charge in [-0.05, 0) is 36.4 Å². The van der Waals surface area contributed by atoms with Crippen LogP contribution in [0, 0.1) is 0 Å². The first kappa shape index (κ1) is 11.3. The second-order valence-corrected chi connectivity index (χ2v) is 3.54. The van der Waals surface area contributed by atoms with E-state index in [0.29, 0.717) is 5.76 Å². The molecule has 0 unspecified atom stereocenters. The summed E-state index contributed by atoms with van der Waals surface area (Å²) < 4.78 is 10.1. The quantitative estimate of drug-likeness (QED) is 0.815. The number of hydrogen-bond acceptors (Lipinski definition) is 3. The van der Waals surface area contributed by atoms with Crippen molar-refractivity contribution in [3.05, 3.63) is 48.4 Å². The minimum atomic E-state index is -0.180. The molecule has 0 spiro atoms. The van der Waals surface area contributed by atoms with E-state index in [1.54, 1.807) is 38.4 Å². The van der Waals surface area contributed by atoms with Crippen molar-refractivity contribution in [2.45, 2.75) is 0 Å². The lowest BCUT2D eigenvalue weighted by atomic mass is 10.2. The molecule has 4 nitrogen and oxygen atoms in total. The Labute approximate surface area is 99.4 Å². The average molecular weight is 231 g/mol. The number of methoxy groups -OCH3 is 1. The molecule has 0 aliphatic heterocycles. The van der Waals surface area contributed by atoms with Crippen LogP contribution in [0.4, 0.5) is 5.69 Å². The van der Waals surface area contributed by atoms with Gasteiger partial charge in [0.2, 0.25) is 0 Å². The number of benzene rings is 1. The zero-order valence-corrected chi connectivity index (χ0v) is 9.71. The third-order valence-corrected chi connectivity index (χ3v) is 2.50. The third-order valence-electron chi connectivity index (χ3n) is 2.50. The molecule has 0 radical (unpaired) electrons. The van der Waals surface area contributed by atoms with Crippen LogP contribution in [-0.2, 0) is 0 Å². The summed E-state index contributed by atoms with van der Waals surface area (Å²) in [6, 6.07) is 10.6. The largest absolute Gasteiger partial charge is 0.497 e. The van der Waals surface area contributed by atoms with E-state index in [1.165, 1.54) is 11.2 Å². The Kier molecular flexibility index (Phi) is 3.14. The van der Waals surface area contributed by atoms with Gasteiger partial charge in [0.25, 0.3) is 5.91 Å². The first-order chi connectivity index (χ1) is 8.22. The number of anilines is 1. The third kappa shape index (κ3) is 2.30. The van der Waals surface area contributed by atoms with E-state index >= 15 is 0 Å². The predicted molar refractivity (Wildman–Crippen MR) is 64.4 cm³/mol. The van der Waals surface area contributed by atoms with Gasteiger partial charge in [-0.25, -0.2) is 0 Å². The number of furan rings is 1. The number of ether oxygens (including phenoxy) is 1. The molecule has 1 aromatic carbocycles. The second-order valence-electron chi connectivity index (χ2n) is 3.54. The highest BCUT2D eigenvalue weighted by Gasteiger charge is 2.15. The highest BCUT2D eigenvalue weighted by atomic mass is 16.5. The van der Waals surface area contributed by atoms with Crippen molar-refractivity contribution < 1.29 is 13.9 Å². The molecule has 0 N–H and O–H groups in total. The van der Waals surface area contributed by atoms with E-state index in [4.69, 9.17) is 9.15 Å². The van der Waals surface area contributed by atoms with Crippen molar-refractivity contribution in [3.8, 4) is 5.75 Å². The van der Waals surface area contributed by atoms with Crippen LogP contribution in [0.25, 0.3) is 0 Å². The first-order valence-corrected chi connectivity index (χ1v) is 5.18. The van der Waals surface area contributed by atoms with Gasteiger partial charge in [0.1, 0.15) is 5.75 Å². The molecule has 2 rings (SSSR count). The molecule has 1 aromatic heterocycles. The summed E-state index contributed by atoms with van der Waals surface area (Å²) in [5, 5.41) is 0. The SMILES string of the molecule is COc1ccc(N(C)C(=O)c2ccco2)cc1. The van der Waals surface area contributed by atoms with Crippen molar-refractivity contribution in [3.63, 3.8) is 0 Å². The lowest BCUT2D eigenvalue weighted by Gasteiger charge is -2.16. The minimum Gasteiger partial charge on any atom is -0.497 e. The molecule has 1 heterocycles. The Bertz CT molecular complexity index is 488. The van der Waals surface area contributed by atoms with Crippen molar-refractivity contribution in [1.82, 2.24) is 0 Å². The van der Waals surface area contributed by atoms with Crippen molar-refractivity contribution >= 4 is 11.6 Å². The van der Waals surface area contributed by atoms with Gasteiger partial charge in [-0.15, -0.1) is 0 Å². The van der Waals surface area contributed by atoms with Crippen molar-refractivity contribution in [2.24, 2.45) is 0 Å². The summed E-state index contributed by atoms with van der Waals surface area (Å²) in [4.78, 5) is 13.5. The molecule has 4 heteroatoms. The lowest BCUT2D eigenvalue weighted by Crippen LogP contribution is -2.25. The van der Waals surface area contributed by atoms with E-state index in [-0.39, 0.29) is 5.91 Å². The summed E-state index contributed by atoms with van der Waals surface area (Å²) >= 11 is 0. The fraction of sp³-hybridized carbons (Fsp3) is 0.154. The zero-order valence-electron chi connectivity index (χ0n) is 9.71. The van der Waals surface area contributed by atoms with Gasteiger partial charge in [0.05, 0.1) is 13.4 Å². The van der Waals surface area contributed by atoms with Crippen LogP contribution in [0.5, 0.6) is 5.75 Å². The summed E-state index contributed by atoms with van der Waals surface area (Å²) in [7, 11) is 3.30. The van der Waals surface area contributed by atoms with E-state index in [1.807, 2.05) is 12.1 Å². The van der Waals surface area contributed by atoms with Crippen molar-refractivity contribution in [2.75, 3.05) is 19.1 Å². The molecule has 0 fully saturated rings. The van der Waals surface area contributed by atoms with E-state index in [2.05, 4.69) is 0 Å². The molecular formula is C13H13NO3. The van der Waals surface area contributed by atoms with Crippen molar-refractivity contribution in [1.29, 1.82) is 0 Å². The molecule has 0 atom stereocenters. The molecule has 88 valence electrons. The van der Waals surface area contributed by atoms with Crippen LogP contribution in [0.1, 0.15) is 10.6 Å². The maximum atomic E-state index is 12.0. The smallest absolute Gasteiger partial charge is 0.293 e. The maximum Gasteiger partial charge on any atom is 0.293 e. The molecule has 2 aromatic rings. The number of amides is 1. The van der Waals surface area contributed by atoms with E-state index in [0.717, 1.165) is 11.4 Å². The van der Waals surface area contributed by atoms with Crippen LogP contribution in [0.15, 0.2) is 47.1 Å². The summed E-state index contributed by atoms with van der Waals surface area (Å²) in [5.74, 6) is 0.899. The topological polar surface area (TPSA) is 42.7 Å². The van der Waals surface area contributed by atoms with Crippen LogP contribution in [-0.4, -0.2) is 20.1 Å². The normalized spacial score (nSPS) is 10.0. The molecule has 0 saturated heterocycles. The molecule has 0 aliphatic rings. The Morgan fingerprint density at radius 1 is 1.24 bits per heavy atom. The van der Waals surface area contributed by atoms with Gasteiger partial charge >= 0.3 is 0 Å². The Morgan fingerprint density at radius 2 is 1.94 bits per heavy atom. The lowest BCUT2D eigenvalue weighted by molar-refractivity contribution is 0.0966. The van der Waals surface area contributed by atoms with Crippen LogP contribution < -0.4 is 9.64 Å². The number of nitrogens with zero attached hydrogens (tertiary/aromatic N) is 1. The second kappa shape index (κ2) is 4.74. The Balaban J connectivity index is 2.19. The van der Waals surface area contributed by atoms with Gasteiger partial charge in [0.15, 0.2) is 5.76 Å². The van der Waals surface area contributed by atoms with Crippen LogP contribution in [0.2, 0.25) is 0 Å². The fourth-order valence-electron chi connectivity index (χ4n) is 1.49. The zero-order chi connectivity index (χ0) is 12.3. The van der Waals surface area contributed by atoms with Gasteiger partial charge < -0.3 is 14.1 Å². The Morgan fingerprint density at radius 3 is 2.47 bits per heavy atom. The van der Waals surface area contributed by atoms with E-state index in [9.17, 15) is 4.79 Å². The first-order valence-electron chi connectivity index (χ1n) is 5.18. The van der Waals surface area contributed by atoms with Gasteiger partial charge in [0, 0.05) is 12.7 Å². The summed E-state index contributed by atoms with van der Waals surface area (Å²) in [5.41, 5.74) is 0.784. The fourth-order valence-corrected chi connectivity index (χ4v) is 1.49. The number of carbonyl (C=O) groups excluding carboxylic acids is 1. The molecule has 0 bridgehead atoms. The molecule has 1 amide bonds. The molecule has 0 aliphatic carbocycles. The molecule has 17 heavy (non-hydrogen) atoms. The predicted octanol–water partition coefficient (Wildman–Crippen LogP) is 2.56. The number of carbonyl (C=O) groups is 1. The minimum absolute atomic E-state index is 0.180. The van der Waals surface area contributed by atoms with Crippen LogP contribution in [0.3, 0.4) is 0 Å². The average Bonchev–Trinajstić information content (AvgIpc) is 2.91. The maximum absolute atomic E-state index is 12.0.